The molecule has 1 aliphatic carbocycles. The molecule has 2 heterocycles. The zero-order valence-corrected chi connectivity index (χ0v) is 25.4. The maximum Gasteiger partial charge on any atom is 0.316 e. The molecule has 2 fully saturated rings. The highest BCUT2D eigenvalue weighted by atomic mass is 35.5. The highest BCUT2D eigenvalue weighted by Crippen LogP contribution is 2.36. The minimum absolute atomic E-state index is 0.00704. The van der Waals surface area contributed by atoms with E-state index in [1.165, 1.54) is 17.5 Å². The Labute approximate surface area is 247 Å². The van der Waals surface area contributed by atoms with Crippen LogP contribution in [0.5, 0.6) is 5.75 Å². The van der Waals surface area contributed by atoms with E-state index in [1.807, 2.05) is 35.2 Å². The topological polar surface area (TPSA) is 85.9 Å². The van der Waals surface area contributed by atoms with E-state index in [1.54, 1.807) is 30.5 Å². The van der Waals surface area contributed by atoms with E-state index >= 15 is 0 Å². The molecule has 5 rings (SSSR count). The average Bonchev–Trinajstić information content (AvgIpc) is 2.97. The number of sulfonamides is 1. The molecule has 1 saturated heterocycles. The van der Waals surface area contributed by atoms with Crippen molar-refractivity contribution in [2.24, 2.45) is 17.8 Å². The van der Waals surface area contributed by atoms with Crippen LogP contribution in [0.25, 0.3) is 5.69 Å². The third-order valence-electron chi connectivity index (χ3n) is 8.76. The molecular weight excluding hydrogens is 560 g/mol. The molecule has 8 nitrogen and oxygen atoms in total. The molecule has 2 aromatic carbocycles. The smallest absolute Gasteiger partial charge is 0.316 e. The lowest BCUT2D eigenvalue weighted by Crippen LogP contribution is -3.16. The van der Waals surface area contributed by atoms with E-state index < -0.39 is 10.0 Å². The van der Waals surface area contributed by atoms with E-state index in [-0.39, 0.29) is 17.1 Å². The molecule has 1 aromatic heterocycles. The second-order valence-corrected chi connectivity index (χ2v) is 14.0. The first kappa shape index (κ1) is 29.6. The number of nitrogens with zero attached hydrogens (tertiary/aromatic N) is 3. The summed E-state index contributed by atoms with van der Waals surface area (Å²) < 4.78 is 34.6. The van der Waals surface area contributed by atoms with Crippen molar-refractivity contribution in [2.75, 3.05) is 37.7 Å². The SMILES string of the molecule is CCC1CCC(C)C(COc2c(N3CC[NH+](S(=O)(=O)Cc4ccccc4)CC3)cnn(-c3cccc(Cl)c3)c2=O)C1. The number of benzene rings is 2. The highest BCUT2D eigenvalue weighted by Gasteiger charge is 2.33. The van der Waals surface area contributed by atoms with E-state index in [0.717, 1.165) is 18.4 Å². The molecule has 3 unspecified atom stereocenters. The molecule has 0 amide bonds. The summed E-state index contributed by atoms with van der Waals surface area (Å²) in [4.78, 5) is 15.9. The van der Waals surface area contributed by atoms with Crippen LogP contribution in [0.2, 0.25) is 5.02 Å². The van der Waals surface area contributed by atoms with Gasteiger partial charge >= 0.3 is 5.56 Å². The monoisotopic (exact) mass is 599 g/mol. The van der Waals surface area contributed by atoms with Gasteiger partial charge in [0.05, 0.1) is 31.6 Å². The molecule has 2 aliphatic rings. The van der Waals surface area contributed by atoms with Crippen LogP contribution in [0, 0.1) is 17.8 Å². The van der Waals surface area contributed by atoms with Crippen molar-refractivity contribution in [3.8, 4) is 11.4 Å². The van der Waals surface area contributed by atoms with E-state index in [9.17, 15) is 13.2 Å². The Balaban J connectivity index is 1.38. The lowest BCUT2D eigenvalue weighted by molar-refractivity contribution is -0.768. The van der Waals surface area contributed by atoms with Gasteiger partial charge < -0.3 is 9.64 Å². The number of aromatic nitrogens is 2. The van der Waals surface area contributed by atoms with Crippen LogP contribution in [-0.4, -0.2) is 51.0 Å². The van der Waals surface area contributed by atoms with Gasteiger partial charge in [0.25, 0.3) is 10.0 Å². The minimum atomic E-state index is -3.38. The van der Waals surface area contributed by atoms with E-state index in [4.69, 9.17) is 16.3 Å². The fourth-order valence-corrected chi connectivity index (χ4v) is 7.92. The van der Waals surface area contributed by atoms with Gasteiger partial charge in [0.15, 0.2) is 0 Å². The number of rotatable bonds is 9. The van der Waals surface area contributed by atoms with Crippen molar-refractivity contribution in [1.82, 2.24) is 9.78 Å². The van der Waals surface area contributed by atoms with Crippen molar-refractivity contribution >= 4 is 27.3 Å². The van der Waals surface area contributed by atoms with Gasteiger partial charge in [-0.15, -0.1) is 0 Å². The van der Waals surface area contributed by atoms with Gasteiger partial charge in [-0.05, 0) is 47.9 Å². The van der Waals surface area contributed by atoms with Crippen molar-refractivity contribution in [1.29, 1.82) is 0 Å². The van der Waals surface area contributed by atoms with Gasteiger partial charge in [-0.1, -0.05) is 81.1 Å². The molecule has 1 aliphatic heterocycles. The largest absolute Gasteiger partial charge is 0.486 e. The van der Waals surface area contributed by atoms with Crippen LogP contribution in [0.3, 0.4) is 0 Å². The number of hydrogen-bond donors (Lipinski definition) is 1. The molecule has 1 saturated carbocycles. The summed E-state index contributed by atoms with van der Waals surface area (Å²) in [7, 11) is -3.38. The van der Waals surface area contributed by atoms with Gasteiger partial charge in [-0.2, -0.15) is 18.2 Å². The van der Waals surface area contributed by atoms with Crippen molar-refractivity contribution in [3.05, 3.63) is 81.7 Å². The van der Waals surface area contributed by atoms with E-state index in [2.05, 4.69) is 18.9 Å². The van der Waals surface area contributed by atoms with Gasteiger partial charge in [-0.3, -0.25) is 4.79 Å². The Morgan fingerprint density at radius 1 is 1.07 bits per heavy atom. The van der Waals surface area contributed by atoms with Crippen molar-refractivity contribution < 1.29 is 17.5 Å². The molecule has 220 valence electrons. The molecular formula is C31H40ClN4O4S+. The lowest BCUT2D eigenvalue weighted by Gasteiger charge is -2.35. The zero-order chi connectivity index (χ0) is 29.0. The number of hydrogen-bond acceptors (Lipinski definition) is 6. The number of anilines is 1. The maximum atomic E-state index is 13.9. The first-order valence-corrected chi connectivity index (χ1v) is 16.7. The average molecular weight is 600 g/mol. The van der Waals surface area contributed by atoms with Crippen LogP contribution in [-0.2, 0) is 15.8 Å². The quantitative estimate of drug-likeness (QED) is 0.401. The summed E-state index contributed by atoms with van der Waals surface area (Å²) in [6, 6.07) is 16.3. The second kappa shape index (κ2) is 13.0. The fourth-order valence-electron chi connectivity index (χ4n) is 6.09. The third kappa shape index (κ3) is 6.96. The molecule has 0 bridgehead atoms. The van der Waals surface area contributed by atoms with E-state index in [0.29, 0.717) is 71.2 Å². The molecule has 41 heavy (non-hydrogen) atoms. The molecule has 3 atom stereocenters. The fraction of sp³-hybridized carbons (Fsp3) is 0.484. The third-order valence-corrected chi connectivity index (χ3v) is 11.0. The van der Waals surface area contributed by atoms with Crippen LogP contribution >= 0.6 is 11.6 Å². The standard InChI is InChI=1S/C31H39ClN4O4S/c1-3-24-13-12-23(2)26(18-24)21-40-30-29(20-33-36(31(30)37)28-11-7-10-27(32)19-28)34-14-16-35(17-15-34)41(38,39)22-25-8-5-4-6-9-25/h4-11,19-20,23-24,26H,3,12-18,21-22H2,1-2H3/p+1. The number of piperazine rings is 1. The zero-order valence-electron chi connectivity index (χ0n) is 23.8. The van der Waals surface area contributed by atoms with Crippen LogP contribution in [0.1, 0.15) is 45.1 Å². The predicted octanol–water partition coefficient (Wildman–Crippen LogP) is 3.96. The summed E-state index contributed by atoms with van der Waals surface area (Å²) >= 11 is 6.21. The molecule has 0 radical (unpaired) electrons. The highest BCUT2D eigenvalue weighted by molar-refractivity contribution is 7.84. The Hall–Kier alpha value is -2.88. The number of nitrogens with one attached hydrogen (secondary N) is 1. The second-order valence-electron chi connectivity index (χ2n) is 11.5. The first-order chi connectivity index (χ1) is 19.7. The summed E-state index contributed by atoms with van der Waals surface area (Å²) in [5.74, 6) is 1.86. The molecule has 1 N–H and O–H groups in total. The van der Waals surface area contributed by atoms with Gasteiger partial charge in [-0.25, -0.2) is 4.31 Å². The summed E-state index contributed by atoms with van der Waals surface area (Å²) in [5.41, 5.74) is 1.63. The summed E-state index contributed by atoms with van der Waals surface area (Å²) in [6.07, 6.45) is 6.34. The summed E-state index contributed by atoms with van der Waals surface area (Å²) in [6.45, 7) is 6.74. The Bertz CT molecular complexity index is 1490. The van der Waals surface area contributed by atoms with Gasteiger partial charge in [0.2, 0.25) is 5.75 Å². The maximum absolute atomic E-state index is 13.9. The molecule has 3 aromatic rings. The van der Waals surface area contributed by atoms with Crippen LogP contribution in [0.15, 0.2) is 65.6 Å². The molecule has 0 spiro atoms. The van der Waals surface area contributed by atoms with Gasteiger partial charge in [0, 0.05) is 5.02 Å². The van der Waals surface area contributed by atoms with Crippen molar-refractivity contribution in [2.45, 2.75) is 45.3 Å². The summed E-state index contributed by atoms with van der Waals surface area (Å²) in [5, 5.41) is 5.00. The molecule has 10 heteroatoms. The normalized spacial score (nSPS) is 22.0. The number of halogens is 1. The Kier molecular flexibility index (Phi) is 9.36. The van der Waals surface area contributed by atoms with Crippen LogP contribution in [0.4, 0.5) is 5.69 Å². The Morgan fingerprint density at radius 3 is 2.54 bits per heavy atom. The minimum Gasteiger partial charge on any atom is -0.486 e. The number of quaternary nitrogens is 1. The Morgan fingerprint density at radius 2 is 1.83 bits per heavy atom. The lowest BCUT2D eigenvalue weighted by atomic mass is 9.74. The van der Waals surface area contributed by atoms with Crippen LogP contribution < -0.4 is 19.5 Å². The first-order valence-electron chi connectivity index (χ1n) is 14.6. The predicted molar refractivity (Wildman–Crippen MR) is 163 cm³/mol. The van der Waals surface area contributed by atoms with Gasteiger partial charge in [0.1, 0.15) is 24.5 Å². The number of ether oxygens (including phenoxy) is 1. The van der Waals surface area contributed by atoms with Crippen molar-refractivity contribution in [3.63, 3.8) is 0 Å².